The Morgan fingerprint density at radius 2 is 1.84 bits per heavy atom. The number of rotatable bonds is 7. The van der Waals surface area contributed by atoms with E-state index in [9.17, 15) is 9.59 Å². The minimum atomic E-state index is -0.725. The summed E-state index contributed by atoms with van der Waals surface area (Å²) in [7, 11) is 1.32. The maximum absolute atomic E-state index is 13.1. The fourth-order valence-corrected chi connectivity index (χ4v) is 3.51. The van der Waals surface area contributed by atoms with E-state index in [-0.39, 0.29) is 5.78 Å². The fraction of sp³-hybridized carbons (Fsp3) is 0.167. The number of halogens is 1. The highest BCUT2D eigenvalue weighted by Gasteiger charge is 2.19. The van der Waals surface area contributed by atoms with Gasteiger partial charge in [0.1, 0.15) is 11.3 Å². The number of hydrogen-bond acceptors (Lipinski definition) is 6. The maximum atomic E-state index is 13.1. The summed E-state index contributed by atoms with van der Waals surface area (Å²) in [5.74, 6) is -0.0669. The molecule has 0 radical (unpaired) electrons. The summed E-state index contributed by atoms with van der Waals surface area (Å²) < 4.78 is 12.2. The van der Waals surface area contributed by atoms with E-state index in [0.29, 0.717) is 39.6 Å². The highest BCUT2D eigenvalue weighted by Crippen LogP contribution is 2.23. The molecule has 0 fully saturated rings. The lowest BCUT2D eigenvalue weighted by Gasteiger charge is -2.13. The molecule has 8 heteroatoms. The molecule has 2 aromatic heterocycles. The predicted molar refractivity (Wildman–Crippen MR) is 120 cm³/mol. The van der Waals surface area contributed by atoms with E-state index in [1.54, 1.807) is 55.8 Å². The second-order valence-corrected chi connectivity index (χ2v) is 7.60. The summed E-state index contributed by atoms with van der Waals surface area (Å²) in [4.78, 5) is 33.6. The molecule has 162 valence electrons. The Balaban J connectivity index is 1.65. The van der Waals surface area contributed by atoms with Crippen LogP contribution in [0.25, 0.3) is 11.2 Å². The summed E-state index contributed by atoms with van der Waals surface area (Å²) in [6.07, 6.45) is 4.18. The molecule has 0 bridgehead atoms. The third-order valence-corrected chi connectivity index (χ3v) is 5.19. The summed E-state index contributed by atoms with van der Waals surface area (Å²) >= 11 is 5.95. The van der Waals surface area contributed by atoms with Gasteiger partial charge >= 0.3 is 5.97 Å². The van der Waals surface area contributed by atoms with Gasteiger partial charge in [-0.05, 0) is 48.9 Å². The van der Waals surface area contributed by atoms with Gasteiger partial charge in [0.25, 0.3) is 0 Å². The van der Waals surface area contributed by atoms with Crippen LogP contribution in [0.4, 0.5) is 0 Å². The van der Waals surface area contributed by atoms with Gasteiger partial charge in [0.05, 0.1) is 12.7 Å². The minimum Gasteiger partial charge on any atom is -0.479 e. The van der Waals surface area contributed by atoms with Crippen LogP contribution in [-0.2, 0) is 16.1 Å². The number of esters is 1. The van der Waals surface area contributed by atoms with E-state index >= 15 is 0 Å². The molecular weight excluding hydrogens is 430 g/mol. The second kappa shape index (κ2) is 9.20. The molecule has 2 heterocycles. The average molecular weight is 450 g/mol. The zero-order valence-corrected chi connectivity index (χ0v) is 18.2. The number of ketones is 1. The molecule has 32 heavy (non-hydrogen) atoms. The zero-order chi connectivity index (χ0) is 22.7. The van der Waals surface area contributed by atoms with Crippen molar-refractivity contribution in [3.63, 3.8) is 0 Å². The summed E-state index contributed by atoms with van der Waals surface area (Å²) in [5.41, 5.74) is 3.01. The second-order valence-electron chi connectivity index (χ2n) is 7.17. The molecule has 0 saturated carbocycles. The Bertz CT molecular complexity index is 1280. The minimum absolute atomic E-state index is 0.157. The van der Waals surface area contributed by atoms with Gasteiger partial charge < -0.3 is 14.0 Å². The first kappa shape index (κ1) is 21.5. The number of carbonyl (C=O) groups excluding carboxylic acids is 2. The molecule has 4 rings (SSSR count). The lowest BCUT2D eigenvalue weighted by Crippen LogP contribution is -2.24. The molecule has 7 nitrogen and oxygen atoms in total. The smallest absolute Gasteiger partial charge is 0.346 e. The van der Waals surface area contributed by atoms with Crippen molar-refractivity contribution in [1.29, 1.82) is 0 Å². The van der Waals surface area contributed by atoms with E-state index in [4.69, 9.17) is 21.1 Å². The van der Waals surface area contributed by atoms with Gasteiger partial charge in [-0.25, -0.2) is 9.78 Å². The lowest BCUT2D eigenvalue weighted by molar-refractivity contribution is -0.147. The molecule has 1 unspecified atom stereocenters. The first-order valence-corrected chi connectivity index (χ1v) is 10.3. The van der Waals surface area contributed by atoms with Crippen molar-refractivity contribution >= 4 is 34.5 Å². The van der Waals surface area contributed by atoms with E-state index in [0.717, 1.165) is 5.56 Å². The van der Waals surface area contributed by atoms with Gasteiger partial charge in [0.2, 0.25) is 0 Å². The van der Waals surface area contributed by atoms with Crippen LogP contribution >= 0.6 is 11.6 Å². The van der Waals surface area contributed by atoms with Gasteiger partial charge in [-0.3, -0.25) is 9.78 Å². The quantitative estimate of drug-likeness (QED) is 0.309. The maximum Gasteiger partial charge on any atom is 0.346 e. The number of fused-ring (bicyclic) bond motifs is 1. The van der Waals surface area contributed by atoms with Crippen molar-refractivity contribution < 1.29 is 19.1 Å². The van der Waals surface area contributed by atoms with Crippen molar-refractivity contribution in [1.82, 2.24) is 14.5 Å². The molecule has 0 saturated heterocycles. The zero-order valence-electron chi connectivity index (χ0n) is 17.5. The number of ether oxygens (including phenoxy) is 2. The van der Waals surface area contributed by atoms with Crippen LogP contribution in [0, 0.1) is 0 Å². The summed E-state index contributed by atoms with van der Waals surface area (Å²) in [6, 6.07) is 14.1. The van der Waals surface area contributed by atoms with Crippen LogP contribution < -0.4 is 4.74 Å². The molecule has 0 amide bonds. The summed E-state index contributed by atoms with van der Waals surface area (Å²) in [5, 5.41) is 0.562. The molecular formula is C24H20ClN3O4. The highest BCUT2D eigenvalue weighted by atomic mass is 35.5. The van der Waals surface area contributed by atoms with Crippen LogP contribution in [0.3, 0.4) is 0 Å². The molecule has 0 aliphatic carbocycles. The molecule has 0 aliphatic rings. The number of carbonyl (C=O) groups is 2. The molecule has 0 N–H and O–H groups in total. The number of hydrogen-bond donors (Lipinski definition) is 0. The third-order valence-electron chi connectivity index (χ3n) is 4.94. The van der Waals surface area contributed by atoms with Gasteiger partial charge in [0, 0.05) is 35.7 Å². The fourth-order valence-electron chi connectivity index (χ4n) is 3.38. The third kappa shape index (κ3) is 4.48. The Labute approximate surface area is 189 Å². The monoisotopic (exact) mass is 449 g/mol. The van der Waals surface area contributed by atoms with Gasteiger partial charge in [-0.1, -0.05) is 23.7 Å². The molecule has 4 aromatic rings. The molecule has 2 aromatic carbocycles. The molecule has 0 spiro atoms. The van der Waals surface area contributed by atoms with Crippen LogP contribution in [-0.4, -0.2) is 39.5 Å². The van der Waals surface area contributed by atoms with E-state index in [2.05, 4.69) is 9.97 Å². The van der Waals surface area contributed by atoms with Crippen molar-refractivity contribution in [3.05, 3.63) is 88.8 Å². The Morgan fingerprint density at radius 1 is 1.09 bits per heavy atom. The first-order valence-electron chi connectivity index (χ1n) is 9.90. The van der Waals surface area contributed by atoms with Crippen molar-refractivity contribution in [2.45, 2.75) is 19.6 Å². The SMILES string of the molecule is COC(=O)C(C)Oc1cccc(Cn2cc(C(=O)c3ccc(Cl)cc3)c3nccnc32)c1. The highest BCUT2D eigenvalue weighted by molar-refractivity contribution is 6.30. The van der Waals surface area contributed by atoms with Crippen LogP contribution in [0.1, 0.15) is 28.4 Å². The standard InChI is InChI=1S/C24H20ClN3O4/c1-15(24(30)31-2)32-19-5-3-4-16(12-19)13-28-14-20(21-23(28)27-11-10-26-21)22(29)17-6-8-18(25)9-7-17/h3-12,14-15H,13H2,1-2H3. The number of benzene rings is 2. The average Bonchev–Trinajstić information content (AvgIpc) is 3.17. The lowest BCUT2D eigenvalue weighted by atomic mass is 10.1. The Kier molecular flexibility index (Phi) is 6.18. The van der Waals surface area contributed by atoms with Crippen LogP contribution in [0.5, 0.6) is 5.75 Å². The number of aromatic nitrogens is 3. The van der Waals surface area contributed by atoms with E-state index in [1.807, 2.05) is 22.8 Å². The topological polar surface area (TPSA) is 83.3 Å². The van der Waals surface area contributed by atoms with Crippen LogP contribution in [0.15, 0.2) is 67.1 Å². The number of methoxy groups -OCH3 is 1. The largest absolute Gasteiger partial charge is 0.479 e. The Morgan fingerprint density at radius 3 is 2.59 bits per heavy atom. The van der Waals surface area contributed by atoms with Gasteiger partial charge in [0.15, 0.2) is 17.5 Å². The molecule has 1 atom stereocenters. The summed E-state index contributed by atoms with van der Waals surface area (Å²) in [6.45, 7) is 2.06. The van der Waals surface area contributed by atoms with Gasteiger partial charge in [-0.2, -0.15) is 0 Å². The van der Waals surface area contributed by atoms with Gasteiger partial charge in [-0.15, -0.1) is 0 Å². The van der Waals surface area contributed by atoms with E-state index < -0.39 is 12.1 Å². The van der Waals surface area contributed by atoms with Crippen LogP contribution in [0.2, 0.25) is 5.02 Å². The first-order chi connectivity index (χ1) is 15.5. The predicted octanol–water partition coefficient (Wildman–Crippen LogP) is 4.30. The van der Waals surface area contributed by atoms with E-state index in [1.165, 1.54) is 7.11 Å². The normalized spacial score (nSPS) is 11.8. The molecule has 0 aliphatic heterocycles. The Hall–Kier alpha value is -3.71. The van der Waals surface area contributed by atoms with Crippen molar-refractivity contribution in [2.75, 3.05) is 7.11 Å². The van der Waals surface area contributed by atoms with Crippen molar-refractivity contribution in [3.8, 4) is 5.75 Å². The number of nitrogens with zero attached hydrogens (tertiary/aromatic N) is 3. The van der Waals surface area contributed by atoms with Crippen molar-refractivity contribution in [2.24, 2.45) is 0 Å².